The predicted molar refractivity (Wildman–Crippen MR) is 153 cm³/mol. The van der Waals surface area contributed by atoms with Gasteiger partial charge in [0.1, 0.15) is 0 Å². The molecule has 0 spiro atoms. The fraction of sp³-hybridized carbons (Fsp3) is 0.586. The lowest BCUT2D eigenvalue weighted by atomic mass is 9.83. The van der Waals surface area contributed by atoms with Crippen LogP contribution in [0.3, 0.4) is 0 Å². The normalized spacial score (nSPS) is 12.9. The minimum atomic E-state index is -0.158. The fourth-order valence-electron chi connectivity index (χ4n) is 3.84. The summed E-state index contributed by atoms with van der Waals surface area (Å²) in [5.41, 5.74) is 4.27. The molecule has 0 radical (unpaired) electrons. The van der Waals surface area contributed by atoms with E-state index in [0.717, 1.165) is 43.4 Å². The molecule has 0 aliphatic rings. The van der Waals surface area contributed by atoms with Crippen LogP contribution in [0.25, 0.3) is 0 Å². The standard InChI is InChI=1S/C29H49N5/c1-10-11-12-13-16-23(5)34-20-27(21(2)3)22(4)19-29(31)26(24(6)32-8)17-14-15-18-28(30)25(7)33-9/h20-21,26-27,30-31,33H,4-8,10-19H2,1-3,9H3/b30-28?,31-29?,34-20+/t26-,27-/m0/s1. The summed E-state index contributed by atoms with van der Waals surface area (Å²) in [6.07, 6.45) is 11.4. The van der Waals surface area contributed by atoms with Gasteiger partial charge < -0.3 is 16.1 Å². The highest BCUT2D eigenvalue weighted by Gasteiger charge is 2.22. The quantitative estimate of drug-likeness (QED) is 0.0893. The summed E-state index contributed by atoms with van der Waals surface area (Å²) >= 11 is 0. The van der Waals surface area contributed by atoms with Crippen LogP contribution in [0.4, 0.5) is 0 Å². The third-order valence-electron chi connectivity index (χ3n) is 6.21. The topological polar surface area (TPSA) is 84.5 Å². The van der Waals surface area contributed by atoms with Crippen molar-refractivity contribution in [2.24, 2.45) is 27.7 Å². The number of rotatable bonds is 21. The van der Waals surface area contributed by atoms with E-state index >= 15 is 0 Å². The van der Waals surface area contributed by atoms with Crippen LogP contribution in [0.2, 0.25) is 0 Å². The van der Waals surface area contributed by atoms with Crippen LogP contribution in [-0.4, -0.2) is 31.4 Å². The van der Waals surface area contributed by atoms with Gasteiger partial charge in [0.15, 0.2) is 0 Å². The van der Waals surface area contributed by atoms with Crippen molar-refractivity contribution in [3.8, 4) is 0 Å². The molecule has 190 valence electrons. The van der Waals surface area contributed by atoms with Gasteiger partial charge in [-0.1, -0.05) is 78.3 Å². The Kier molecular flexibility index (Phi) is 16.5. The number of nitrogens with zero attached hydrogens (tertiary/aromatic N) is 2. The van der Waals surface area contributed by atoms with Gasteiger partial charge in [0.2, 0.25) is 0 Å². The number of hydrogen-bond donors (Lipinski definition) is 3. The van der Waals surface area contributed by atoms with Crippen LogP contribution in [0.5, 0.6) is 0 Å². The first-order chi connectivity index (χ1) is 16.1. The maximum Gasteiger partial charge on any atom is 0.0538 e. The maximum absolute atomic E-state index is 8.77. The fourth-order valence-corrected chi connectivity index (χ4v) is 3.84. The Morgan fingerprint density at radius 1 is 0.971 bits per heavy atom. The monoisotopic (exact) mass is 467 g/mol. The van der Waals surface area contributed by atoms with Crippen molar-refractivity contribution in [3.63, 3.8) is 0 Å². The first kappa shape index (κ1) is 31.4. The average Bonchev–Trinajstić information content (AvgIpc) is 2.80. The van der Waals surface area contributed by atoms with Crippen LogP contribution in [0.15, 0.2) is 59.0 Å². The average molecular weight is 468 g/mol. The van der Waals surface area contributed by atoms with Crippen molar-refractivity contribution in [2.45, 2.75) is 85.0 Å². The summed E-state index contributed by atoms with van der Waals surface area (Å²) in [5, 5.41) is 19.7. The van der Waals surface area contributed by atoms with Crippen LogP contribution in [0.1, 0.15) is 85.0 Å². The molecule has 0 saturated carbocycles. The lowest BCUT2D eigenvalue weighted by Crippen LogP contribution is -2.20. The molecule has 0 aromatic rings. The van der Waals surface area contributed by atoms with Crippen molar-refractivity contribution in [1.29, 1.82) is 10.8 Å². The molecule has 0 aromatic heterocycles. The molecule has 0 saturated heterocycles. The Hall–Kier alpha value is -2.56. The molecule has 0 aliphatic heterocycles. The van der Waals surface area contributed by atoms with Crippen LogP contribution >= 0.6 is 0 Å². The largest absolute Gasteiger partial charge is 0.387 e. The summed E-state index contributed by atoms with van der Waals surface area (Å²) in [4.78, 5) is 8.67. The minimum Gasteiger partial charge on any atom is -0.387 e. The Balaban J connectivity index is 4.99. The first-order valence-corrected chi connectivity index (χ1v) is 12.7. The Morgan fingerprint density at radius 2 is 1.62 bits per heavy atom. The summed E-state index contributed by atoms with van der Waals surface area (Å²) in [6, 6.07) is 0. The second-order valence-corrected chi connectivity index (χ2v) is 9.44. The van der Waals surface area contributed by atoms with Gasteiger partial charge in [0.25, 0.3) is 0 Å². The predicted octanol–water partition coefficient (Wildman–Crippen LogP) is 7.92. The van der Waals surface area contributed by atoms with E-state index in [1.165, 1.54) is 19.3 Å². The van der Waals surface area contributed by atoms with Crippen molar-refractivity contribution in [3.05, 3.63) is 49.0 Å². The van der Waals surface area contributed by atoms with Crippen LogP contribution < -0.4 is 5.32 Å². The van der Waals surface area contributed by atoms with E-state index < -0.39 is 0 Å². The molecule has 5 heteroatoms. The highest BCUT2D eigenvalue weighted by molar-refractivity contribution is 5.96. The second kappa shape index (κ2) is 17.9. The van der Waals surface area contributed by atoms with E-state index in [-0.39, 0.29) is 11.8 Å². The van der Waals surface area contributed by atoms with Crippen LogP contribution in [-0.2, 0) is 0 Å². The number of aliphatic imine (C=N–C) groups is 2. The van der Waals surface area contributed by atoms with Gasteiger partial charge in [-0.25, -0.2) is 0 Å². The van der Waals surface area contributed by atoms with E-state index in [1.807, 2.05) is 6.21 Å². The van der Waals surface area contributed by atoms with E-state index in [4.69, 9.17) is 10.8 Å². The third kappa shape index (κ3) is 12.6. The molecular weight excluding hydrogens is 418 g/mol. The van der Waals surface area contributed by atoms with Crippen LogP contribution in [0, 0.1) is 28.6 Å². The molecular formula is C29H49N5. The van der Waals surface area contributed by atoms with Crippen molar-refractivity contribution in [1.82, 2.24) is 5.32 Å². The zero-order valence-electron chi connectivity index (χ0n) is 22.3. The molecule has 2 atom stereocenters. The number of allylic oxidation sites excluding steroid dienone is 4. The smallest absolute Gasteiger partial charge is 0.0538 e. The molecule has 3 N–H and O–H groups in total. The van der Waals surface area contributed by atoms with Gasteiger partial charge in [0.05, 0.1) is 5.71 Å². The molecule has 0 aromatic carbocycles. The van der Waals surface area contributed by atoms with Gasteiger partial charge in [-0.2, -0.15) is 0 Å². The number of unbranched alkanes of at least 4 members (excludes halogenated alkanes) is 4. The van der Waals surface area contributed by atoms with Crippen molar-refractivity contribution in [2.75, 3.05) is 7.05 Å². The van der Waals surface area contributed by atoms with Gasteiger partial charge in [-0.05, 0) is 44.7 Å². The molecule has 5 nitrogen and oxygen atoms in total. The summed E-state index contributed by atoms with van der Waals surface area (Å²) in [7, 11) is 1.78. The van der Waals surface area contributed by atoms with Gasteiger partial charge in [-0.3, -0.25) is 9.98 Å². The summed E-state index contributed by atoms with van der Waals surface area (Å²) in [6.45, 7) is 26.5. The number of hydrogen-bond acceptors (Lipinski definition) is 5. The Labute approximate surface area is 209 Å². The molecule has 0 heterocycles. The Morgan fingerprint density at radius 3 is 2.18 bits per heavy atom. The first-order valence-electron chi connectivity index (χ1n) is 12.7. The minimum absolute atomic E-state index is 0.0892. The molecule has 0 amide bonds. The van der Waals surface area contributed by atoms with E-state index in [2.05, 4.69) is 69.1 Å². The van der Waals surface area contributed by atoms with E-state index in [1.54, 1.807) is 7.05 Å². The molecule has 0 bridgehead atoms. The number of nitrogens with one attached hydrogen (secondary N) is 3. The Bertz CT molecular complexity index is 756. The molecule has 34 heavy (non-hydrogen) atoms. The second-order valence-electron chi connectivity index (χ2n) is 9.44. The SMILES string of the molecule is C=NC(=C)[C@H](CCCCC(=N)C(=C)NC)C(=N)CC(=C)[C@@H](/C=N/C(=C)CCCCCC)C(C)C. The molecule has 0 fully saturated rings. The van der Waals surface area contributed by atoms with Crippen molar-refractivity contribution < 1.29 is 0 Å². The maximum atomic E-state index is 8.77. The highest BCUT2D eigenvalue weighted by Crippen LogP contribution is 2.27. The molecule has 0 rings (SSSR count). The highest BCUT2D eigenvalue weighted by atomic mass is 14.8. The van der Waals surface area contributed by atoms with Crippen molar-refractivity contribution >= 4 is 24.4 Å². The zero-order chi connectivity index (χ0) is 26.1. The van der Waals surface area contributed by atoms with E-state index in [0.29, 0.717) is 41.6 Å². The molecule has 0 aliphatic carbocycles. The van der Waals surface area contributed by atoms with Gasteiger partial charge in [-0.15, -0.1) is 0 Å². The van der Waals surface area contributed by atoms with Gasteiger partial charge in [0, 0.05) is 54.3 Å². The van der Waals surface area contributed by atoms with E-state index in [9.17, 15) is 0 Å². The lowest BCUT2D eigenvalue weighted by Gasteiger charge is -2.23. The summed E-state index contributed by atoms with van der Waals surface area (Å²) in [5.74, 6) is 0.267. The van der Waals surface area contributed by atoms with Gasteiger partial charge >= 0.3 is 0 Å². The summed E-state index contributed by atoms with van der Waals surface area (Å²) < 4.78 is 0. The third-order valence-corrected chi connectivity index (χ3v) is 6.21. The lowest BCUT2D eigenvalue weighted by molar-refractivity contribution is 0.552. The zero-order valence-corrected chi connectivity index (χ0v) is 22.3. The molecule has 0 unspecified atom stereocenters.